The molecule has 0 spiro atoms. The molecule has 0 radical (unpaired) electrons. The van der Waals surface area contributed by atoms with Gasteiger partial charge in [-0.05, 0) is 18.8 Å². The Hall–Kier alpha value is -1.65. The Labute approximate surface area is 100 Å². The number of hydrogen-bond donors (Lipinski definition) is 1. The minimum Gasteiger partial charge on any atom is -0.478 e. The lowest BCUT2D eigenvalue weighted by atomic mass is 10.1. The molecule has 0 saturated carbocycles. The number of carbonyl (C=O) groups is 1. The fourth-order valence-corrected chi connectivity index (χ4v) is 2.06. The second-order valence-electron chi connectivity index (χ2n) is 4.62. The van der Waals surface area contributed by atoms with Crippen molar-refractivity contribution < 1.29 is 9.90 Å². The van der Waals surface area contributed by atoms with Crippen molar-refractivity contribution in [3.63, 3.8) is 0 Å². The van der Waals surface area contributed by atoms with Gasteiger partial charge in [0.25, 0.3) is 0 Å². The van der Waals surface area contributed by atoms with Crippen LogP contribution in [0.2, 0.25) is 0 Å². The highest BCUT2D eigenvalue weighted by Crippen LogP contribution is 2.21. The Morgan fingerprint density at radius 3 is 2.59 bits per heavy atom. The molecule has 0 aromatic carbocycles. The van der Waals surface area contributed by atoms with E-state index in [1.807, 2.05) is 13.8 Å². The molecule has 2 rings (SSSR count). The number of hydrogen-bond acceptors (Lipinski definition) is 4. The molecule has 0 aliphatic carbocycles. The minimum absolute atomic E-state index is 0.0884. The standard InChI is InChI=1S/C12H17N3O2/c1-8(2)10-9(11(16)17)7-13-12(14-10)15-5-3-4-6-15/h7-8H,3-6H2,1-2H3,(H,16,17). The third-order valence-corrected chi connectivity index (χ3v) is 2.97. The monoisotopic (exact) mass is 235 g/mol. The Balaban J connectivity index is 2.37. The molecular weight excluding hydrogens is 218 g/mol. The van der Waals surface area contributed by atoms with E-state index in [9.17, 15) is 4.79 Å². The van der Waals surface area contributed by atoms with E-state index in [2.05, 4.69) is 14.9 Å². The van der Waals surface area contributed by atoms with E-state index in [0.29, 0.717) is 11.6 Å². The van der Waals surface area contributed by atoms with Gasteiger partial charge in [-0.3, -0.25) is 0 Å². The fraction of sp³-hybridized carbons (Fsp3) is 0.583. The molecule has 1 saturated heterocycles. The minimum atomic E-state index is -0.957. The Morgan fingerprint density at radius 1 is 1.41 bits per heavy atom. The van der Waals surface area contributed by atoms with Crippen LogP contribution in [0.1, 0.15) is 48.7 Å². The zero-order valence-electron chi connectivity index (χ0n) is 10.2. The second-order valence-corrected chi connectivity index (χ2v) is 4.62. The summed E-state index contributed by atoms with van der Waals surface area (Å²) < 4.78 is 0. The molecule has 5 heteroatoms. The average Bonchev–Trinajstić information content (AvgIpc) is 2.81. The molecule has 17 heavy (non-hydrogen) atoms. The second kappa shape index (κ2) is 4.69. The zero-order chi connectivity index (χ0) is 12.4. The number of rotatable bonds is 3. The van der Waals surface area contributed by atoms with E-state index in [0.717, 1.165) is 25.9 Å². The molecule has 0 bridgehead atoms. The number of anilines is 1. The summed E-state index contributed by atoms with van der Waals surface area (Å²) in [5.74, 6) is -0.205. The molecule has 5 nitrogen and oxygen atoms in total. The number of nitrogens with zero attached hydrogens (tertiary/aromatic N) is 3. The largest absolute Gasteiger partial charge is 0.478 e. The van der Waals surface area contributed by atoms with Crippen molar-refractivity contribution in [2.75, 3.05) is 18.0 Å². The van der Waals surface area contributed by atoms with Crippen LogP contribution in [-0.2, 0) is 0 Å². The van der Waals surface area contributed by atoms with Gasteiger partial charge in [0.1, 0.15) is 0 Å². The van der Waals surface area contributed by atoms with E-state index < -0.39 is 5.97 Å². The van der Waals surface area contributed by atoms with Crippen LogP contribution < -0.4 is 4.90 Å². The molecule has 2 heterocycles. The molecule has 1 aromatic heterocycles. The van der Waals surface area contributed by atoms with Crippen molar-refractivity contribution in [3.8, 4) is 0 Å². The highest BCUT2D eigenvalue weighted by Gasteiger charge is 2.20. The maximum atomic E-state index is 11.1. The first-order valence-electron chi connectivity index (χ1n) is 5.94. The lowest BCUT2D eigenvalue weighted by molar-refractivity contribution is 0.0694. The first-order valence-corrected chi connectivity index (χ1v) is 5.94. The smallest absolute Gasteiger partial charge is 0.339 e. The van der Waals surface area contributed by atoms with Crippen LogP contribution in [-0.4, -0.2) is 34.1 Å². The molecule has 1 aromatic rings. The van der Waals surface area contributed by atoms with Gasteiger partial charge in [-0.25, -0.2) is 14.8 Å². The van der Waals surface area contributed by atoms with Gasteiger partial charge in [-0.15, -0.1) is 0 Å². The van der Waals surface area contributed by atoms with Crippen LogP contribution >= 0.6 is 0 Å². The van der Waals surface area contributed by atoms with Gasteiger partial charge in [0.05, 0.1) is 11.3 Å². The Kier molecular flexibility index (Phi) is 3.26. The third kappa shape index (κ3) is 2.38. The van der Waals surface area contributed by atoms with Gasteiger partial charge in [0, 0.05) is 19.3 Å². The molecule has 0 unspecified atom stereocenters. The average molecular weight is 235 g/mol. The van der Waals surface area contributed by atoms with Gasteiger partial charge in [0.15, 0.2) is 0 Å². The highest BCUT2D eigenvalue weighted by atomic mass is 16.4. The van der Waals surface area contributed by atoms with E-state index in [1.54, 1.807) is 0 Å². The summed E-state index contributed by atoms with van der Waals surface area (Å²) in [6.07, 6.45) is 3.74. The van der Waals surface area contributed by atoms with Crippen LogP contribution in [0.5, 0.6) is 0 Å². The lowest BCUT2D eigenvalue weighted by Crippen LogP contribution is -2.22. The molecule has 0 atom stereocenters. The maximum Gasteiger partial charge on any atom is 0.339 e. The number of aromatic nitrogens is 2. The van der Waals surface area contributed by atoms with Crippen molar-refractivity contribution in [1.82, 2.24) is 9.97 Å². The number of carboxylic acid groups (broad SMARTS) is 1. The molecule has 1 N–H and O–H groups in total. The normalized spacial score (nSPS) is 15.6. The van der Waals surface area contributed by atoms with Crippen LogP contribution in [0.25, 0.3) is 0 Å². The Bertz CT molecular complexity index is 426. The van der Waals surface area contributed by atoms with Crippen LogP contribution in [0.15, 0.2) is 6.20 Å². The maximum absolute atomic E-state index is 11.1. The van der Waals surface area contributed by atoms with Crippen LogP contribution in [0.4, 0.5) is 5.95 Å². The summed E-state index contributed by atoms with van der Waals surface area (Å²) in [5.41, 5.74) is 0.831. The SMILES string of the molecule is CC(C)c1nc(N2CCCC2)ncc1C(=O)O. The van der Waals surface area contributed by atoms with Crippen LogP contribution in [0, 0.1) is 0 Å². The molecule has 1 aliphatic heterocycles. The molecular formula is C12H17N3O2. The van der Waals surface area contributed by atoms with E-state index >= 15 is 0 Å². The first kappa shape index (κ1) is 11.8. The lowest BCUT2D eigenvalue weighted by Gasteiger charge is -2.17. The summed E-state index contributed by atoms with van der Waals surface area (Å²) in [4.78, 5) is 21.7. The van der Waals surface area contributed by atoms with E-state index in [-0.39, 0.29) is 11.5 Å². The predicted octanol–water partition coefficient (Wildman–Crippen LogP) is 1.90. The quantitative estimate of drug-likeness (QED) is 0.866. The number of carboxylic acids is 1. The molecule has 92 valence electrons. The van der Waals surface area contributed by atoms with Gasteiger partial charge in [-0.1, -0.05) is 13.8 Å². The molecule has 1 aliphatic rings. The van der Waals surface area contributed by atoms with Crippen molar-refractivity contribution in [2.45, 2.75) is 32.6 Å². The Morgan fingerprint density at radius 2 is 2.06 bits per heavy atom. The summed E-state index contributed by atoms with van der Waals surface area (Å²) in [5, 5.41) is 9.08. The van der Waals surface area contributed by atoms with Crippen LogP contribution in [0.3, 0.4) is 0 Å². The van der Waals surface area contributed by atoms with Gasteiger partial charge in [0.2, 0.25) is 5.95 Å². The van der Waals surface area contributed by atoms with Crippen molar-refractivity contribution in [1.29, 1.82) is 0 Å². The summed E-state index contributed by atoms with van der Waals surface area (Å²) >= 11 is 0. The third-order valence-electron chi connectivity index (χ3n) is 2.97. The first-order chi connectivity index (χ1) is 8.09. The number of aromatic carboxylic acids is 1. The fourth-order valence-electron chi connectivity index (χ4n) is 2.06. The summed E-state index contributed by atoms with van der Waals surface area (Å²) in [6.45, 7) is 5.82. The van der Waals surface area contributed by atoms with Crippen molar-refractivity contribution >= 4 is 11.9 Å². The zero-order valence-corrected chi connectivity index (χ0v) is 10.2. The topological polar surface area (TPSA) is 66.3 Å². The van der Waals surface area contributed by atoms with Gasteiger partial charge < -0.3 is 10.0 Å². The van der Waals surface area contributed by atoms with Gasteiger partial charge >= 0.3 is 5.97 Å². The van der Waals surface area contributed by atoms with E-state index in [4.69, 9.17) is 5.11 Å². The van der Waals surface area contributed by atoms with Crippen molar-refractivity contribution in [3.05, 3.63) is 17.5 Å². The predicted molar refractivity (Wildman–Crippen MR) is 64.5 cm³/mol. The van der Waals surface area contributed by atoms with E-state index in [1.165, 1.54) is 6.20 Å². The molecule has 0 amide bonds. The van der Waals surface area contributed by atoms with Gasteiger partial charge in [-0.2, -0.15) is 0 Å². The highest BCUT2D eigenvalue weighted by molar-refractivity contribution is 5.88. The summed E-state index contributed by atoms with van der Waals surface area (Å²) in [6, 6.07) is 0. The summed E-state index contributed by atoms with van der Waals surface area (Å²) in [7, 11) is 0. The molecule has 1 fully saturated rings. The van der Waals surface area contributed by atoms with Crippen molar-refractivity contribution in [2.24, 2.45) is 0 Å².